The van der Waals surface area contributed by atoms with Crippen LogP contribution < -0.4 is 10.1 Å². The smallest absolute Gasteiger partial charge is 0.259 e. The third-order valence-corrected chi connectivity index (χ3v) is 3.91. The van der Waals surface area contributed by atoms with E-state index in [1.165, 1.54) is 0 Å². The third kappa shape index (κ3) is 4.85. The predicted octanol–water partition coefficient (Wildman–Crippen LogP) is 4.21. The van der Waals surface area contributed by atoms with Gasteiger partial charge in [0.25, 0.3) is 11.8 Å². The number of para-hydroxylation sites is 1. The Hall–Kier alpha value is -2.82. The maximum atomic E-state index is 12.7. The van der Waals surface area contributed by atoms with Crippen LogP contribution in [-0.2, 0) is 0 Å². The molecule has 0 aliphatic heterocycles. The molecule has 138 valence electrons. The van der Waals surface area contributed by atoms with Crippen LogP contribution in [0.4, 0.5) is 5.69 Å². The van der Waals surface area contributed by atoms with Gasteiger partial charge >= 0.3 is 0 Å². The summed E-state index contributed by atoms with van der Waals surface area (Å²) in [6.45, 7) is 9.00. The van der Waals surface area contributed by atoms with E-state index in [1.807, 2.05) is 33.8 Å². The number of benzene rings is 2. The molecule has 0 saturated heterocycles. The van der Waals surface area contributed by atoms with Crippen molar-refractivity contribution in [2.24, 2.45) is 0 Å². The van der Waals surface area contributed by atoms with Gasteiger partial charge in [-0.25, -0.2) is 0 Å². The minimum Gasteiger partial charge on any atom is -0.490 e. The quantitative estimate of drug-likeness (QED) is 0.810. The molecule has 2 aromatic carbocycles. The summed E-state index contributed by atoms with van der Waals surface area (Å²) in [5, 5.41) is 2.85. The molecule has 0 radical (unpaired) electrons. The average molecular weight is 354 g/mol. The van der Waals surface area contributed by atoms with E-state index in [0.717, 1.165) is 0 Å². The van der Waals surface area contributed by atoms with E-state index in [2.05, 4.69) is 5.32 Å². The van der Waals surface area contributed by atoms with Gasteiger partial charge in [0.15, 0.2) is 0 Å². The van der Waals surface area contributed by atoms with Gasteiger partial charge in [0.1, 0.15) is 5.75 Å². The maximum Gasteiger partial charge on any atom is 0.259 e. The molecule has 26 heavy (non-hydrogen) atoms. The fraction of sp³-hybridized carbons (Fsp3) is 0.333. The molecule has 0 aliphatic carbocycles. The topological polar surface area (TPSA) is 58.6 Å². The molecule has 2 amide bonds. The molecule has 0 bridgehead atoms. The molecule has 0 aromatic heterocycles. The molecule has 0 spiro atoms. The zero-order chi connectivity index (χ0) is 19.1. The molecule has 0 unspecified atom stereocenters. The van der Waals surface area contributed by atoms with Gasteiger partial charge in [-0.3, -0.25) is 9.59 Å². The van der Waals surface area contributed by atoms with E-state index < -0.39 is 0 Å². The van der Waals surface area contributed by atoms with Gasteiger partial charge in [0.2, 0.25) is 0 Å². The molecule has 5 nitrogen and oxygen atoms in total. The number of hydrogen-bond acceptors (Lipinski definition) is 3. The van der Waals surface area contributed by atoms with Gasteiger partial charge in [-0.1, -0.05) is 18.2 Å². The molecule has 0 fully saturated rings. The largest absolute Gasteiger partial charge is 0.490 e. The molecule has 0 saturated carbocycles. The Morgan fingerprint density at radius 2 is 1.73 bits per heavy atom. The van der Waals surface area contributed by atoms with Crippen LogP contribution in [0.1, 0.15) is 48.4 Å². The molecular weight excluding hydrogens is 328 g/mol. The highest BCUT2D eigenvalue weighted by molar-refractivity contribution is 6.06. The fourth-order valence-electron chi connectivity index (χ4n) is 2.63. The first-order valence-corrected chi connectivity index (χ1v) is 8.92. The van der Waals surface area contributed by atoms with Crippen molar-refractivity contribution in [2.45, 2.75) is 33.8 Å². The van der Waals surface area contributed by atoms with Gasteiger partial charge < -0.3 is 15.0 Å². The van der Waals surface area contributed by atoms with Gasteiger partial charge in [0.05, 0.1) is 11.7 Å². The van der Waals surface area contributed by atoms with Crippen molar-refractivity contribution in [2.75, 3.05) is 18.4 Å². The van der Waals surface area contributed by atoms with E-state index in [0.29, 0.717) is 35.7 Å². The monoisotopic (exact) mass is 354 g/mol. The van der Waals surface area contributed by atoms with E-state index in [-0.39, 0.29) is 17.9 Å². The number of carbonyl (C=O) groups is 2. The number of rotatable bonds is 7. The lowest BCUT2D eigenvalue weighted by Crippen LogP contribution is -2.30. The van der Waals surface area contributed by atoms with Gasteiger partial charge in [0, 0.05) is 24.3 Å². The Labute approximate surface area is 155 Å². The van der Waals surface area contributed by atoms with Crippen LogP contribution in [-0.4, -0.2) is 35.9 Å². The molecule has 2 rings (SSSR count). The second-order valence-corrected chi connectivity index (χ2v) is 6.18. The Bertz CT molecular complexity index is 767. The first kappa shape index (κ1) is 19.5. The van der Waals surface area contributed by atoms with Crippen LogP contribution in [0.3, 0.4) is 0 Å². The van der Waals surface area contributed by atoms with Crippen LogP contribution in [0.15, 0.2) is 48.5 Å². The highest BCUT2D eigenvalue weighted by Gasteiger charge is 2.16. The molecule has 2 aromatic rings. The summed E-state index contributed by atoms with van der Waals surface area (Å²) in [6.07, 6.45) is -0.0287. The average Bonchev–Trinajstić information content (AvgIpc) is 2.62. The van der Waals surface area contributed by atoms with Crippen LogP contribution in [0.2, 0.25) is 0 Å². The number of anilines is 1. The van der Waals surface area contributed by atoms with E-state index in [4.69, 9.17) is 4.74 Å². The van der Waals surface area contributed by atoms with Crippen LogP contribution in [0.5, 0.6) is 5.75 Å². The predicted molar refractivity (Wildman–Crippen MR) is 104 cm³/mol. The number of amides is 2. The fourth-order valence-corrected chi connectivity index (χ4v) is 2.63. The number of nitrogens with zero attached hydrogens (tertiary/aromatic N) is 1. The summed E-state index contributed by atoms with van der Waals surface area (Å²) >= 11 is 0. The summed E-state index contributed by atoms with van der Waals surface area (Å²) in [7, 11) is 0. The Balaban J connectivity index is 2.20. The zero-order valence-corrected chi connectivity index (χ0v) is 15.8. The maximum absolute atomic E-state index is 12.7. The minimum atomic E-state index is -0.270. The zero-order valence-electron chi connectivity index (χ0n) is 15.8. The molecule has 5 heteroatoms. The second-order valence-electron chi connectivity index (χ2n) is 6.18. The summed E-state index contributed by atoms with van der Waals surface area (Å²) in [5.41, 5.74) is 1.59. The highest BCUT2D eigenvalue weighted by atomic mass is 16.5. The number of carbonyl (C=O) groups excluding carboxylic acids is 2. The van der Waals surface area contributed by atoms with Gasteiger partial charge in [-0.2, -0.15) is 0 Å². The van der Waals surface area contributed by atoms with Crippen LogP contribution in [0.25, 0.3) is 0 Å². The number of hydrogen-bond donors (Lipinski definition) is 1. The first-order chi connectivity index (χ1) is 12.5. The molecule has 0 aliphatic rings. The lowest BCUT2D eigenvalue weighted by Gasteiger charge is -2.19. The summed E-state index contributed by atoms with van der Waals surface area (Å²) in [6, 6.07) is 14.1. The van der Waals surface area contributed by atoms with Crippen LogP contribution >= 0.6 is 0 Å². The van der Waals surface area contributed by atoms with Crippen molar-refractivity contribution in [3.63, 3.8) is 0 Å². The second kappa shape index (κ2) is 9.04. The van der Waals surface area contributed by atoms with Crippen molar-refractivity contribution < 1.29 is 14.3 Å². The third-order valence-electron chi connectivity index (χ3n) is 3.91. The Kier molecular flexibility index (Phi) is 6.78. The summed E-state index contributed by atoms with van der Waals surface area (Å²) in [4.78, 5) is 26.9. The Morgan fingerprint density at radius 3 is 2.38 bits per heavy atom. The molecule has 1 N–H and O–H groups in total. The van der Waals surface area contributed by atoms with E-state index >= 15 is 0 Å². The van der Waals surface area contributed by atoms with Crippen molar-refractivity contribution in [1.82, 2.24) is 4.90 Å². The lowest BCUT2D eigenvalue weighted by molar-refractivity contribution is 0.0772. The molecular formula is C21H26N2O3. The molecule has 0 atom stereocenters. The SMILES string of the molecule is CCN(CC)C(=O)c1cccc(NC(=O)c2ccccc2OC(C)C)c1. The van der Waals surface area contributed by atoms with E-state index in [1.54, 1.807) is 47.4 Å². The van der Waals surface area contributed by atoms with Crippen molar-refractivity contribution in [3.05, 3.63) is 59.7 Å². The number of ether oxygens (including phenoxy) is 1. The van der Waals surface area contributed by atoms with Crippen molar-refractivity contribution in [1.29, 1.82) is 0 Å². The Morgan fingerprint density at radius 1 is 1.04 bits per heavy atom. The normalized spacial score (nSPS) is 10.5. The van der Waals surface area contributed by atoms with Crippen molar-refractivity contribution in [3.8, 4) is 5.75 Å². The van der Waals surface area contributed by atoms with Crippen molar-refractivity contribution >= 4 is 17.5 Å². The van der Waals surface area contributed by atoms with Gasteiger partial charge in [-0.05, 0) is 58.0 Å². The van der Waals surface area contributed by atoms with Gasteiger partial charge in [-0.15, -0.1) is 0 Å². The highest BCUT2D eigenvalue weighted by Crippen LogP contribution is 2.21. The minimum absolute atomic E-state index is 0.0287. The van der Waals surface area contributed by atoms with Crippen LogP contribution in [0, 0.1) is 0 Å². The standard InChI is InChI=1S/C21H26N2O3/c1-5-23(6-2)21(25)16-10-9-11-17(14-16)22-20(24)18-12-7-8-13-19(18)26-15(3)4/h7-15H,5-6H2,1-4H3,(H,22,24). The lowest BCUT2D eigenvalue weighted by atomic mass is 10.1. The summed E-state index contributed by atoms with van der Waals surface area (Å²) in [5.74, 6) is 0.221. The first-order valence-electron chi connectivity index (χ1n) is 8.92. The van der Waals surface area contributed by atoms with E-state index in [9.17, 15) is 9.59 Å². The summed E-state index contributed by atoms with van der Waals surface area (Å²) < 4.78 is 5.71. The molecule has 0 heterocycles. The number of nitrogens with one attached hydrogen (secondary N) is 1.